The average molecular weight is 538 g/mol. The van der Waals surface area contributed by atoms with E-state index >= 15 is 0 Å². The van der Waals surface area contributed by atoms with Crippen molar-refractivity contribution < 1.29 is 23.2 Å². The van der Waals surface area contributed by atoms with Crippen LogP contribution >= 0.6 is 0 Å². The molecule has 206 valence electrons. The number of amides is 3. The van der Waals surface area contributed by atoms with Crippen LogP contribution in [-0.2, 0) is 20.8 Å². The van der Waals surface area contributed by atoms with Gasteiger partial charge in [-0.25, -0.2) is 13.8 Å². The molecule has 39 heavy (non-hydrogen) atoms. The first kappa shape index (κ1) is 27.9. The van der Waals surface area contributed by atoms with Gasteiger partial charge in [-0.1, -0.05) is 37.3 Å². The van der Waals surface area contributed by atoms with E-state index in [1.54, 1.807) is 36.1 Å². The summed E-state index contributed by atoms with van der Waals surface area (Å²) in [7, 11) is 0. The molecular formula is C29H33F2N5O3. The Hall–Kier alpha value is -4.08. The Morgan fingerprint density at radius 1 is 1.18 bits per heavy atom. The topological polar surface area (TPSA) is 121 Å². The molecule has 3 atom stereocenters. The lowest BCUT2D eigenvalue weighted by atomic mass is 9.79. The summed E-state index contributed by atoms with van der Waals surface area (Å²) in [5, 5.41) is 2.78. The maximum absolute atomic E-state index is 14.4. The lowest BCUT2D eigenvalue weighted by molar-refractivity contribution is -0.142. The number of carbonyl (C=O) groups is 3. The molecule has 1 saturated heterocycles. The number of benzene rings is 2. The first-order chi connectivity index (χ1) is 18.6. The van der Waals surface area contributed by atoms with Crippen LogP contribution in [0.1, 0.15) is 56.8 Å². The van der Waals surface area contributed by atoms with Crippen molar-refractivity contribution in [2.24, 2.45) is 5.73 Å². The summed E-state index contributed by atoms with van der Waals surface area (Å²) < 4.78 is 27.9. The van der Waals surface area contributed by atoms with Gasteiger partial charge in [0.25, 0.3) is 0 Å². The highest BCUT2D eigenvalue weighted by Gasteiger charge is 2.48. The van der Waals surface area contributed by atoms with Crippen molar-refractivity contribution in [3.63, 3.8) is 0 Å². The van der Waals surface area contributed by atoms with Crippen LogP contribution in [0.3, 0.4) is 0 Å². The van der Waals surface area contributed by atoms with Gasteiger partial charge < -0.3 is 20.9 Å². The summed E-state index contributed by atoms with van der Waals surface area (Å²) in [6, 6.07) is 12.1. The maximum Gasteiger partial charge on any atom is 0.244 e. The largest absolute Gasteiger partial charge is 0.368 e. The van der Waals surface area contributed by atoms with Crippen LogP contribution < -0.4 is 11.1 Å². The fourth-order valence-corrected chi connectivity index (χ4v) is 5.19. The molecule has 2 aromatic carbocycles. The zero-order valence-corrected chi connectivity index (χ0v) is 22.0. The van der Waals surface area contributed by atoms with Crippen molar-refractivity contribution in [1.29, 1.82) is 0 Å². The molecule has 3 aromatic rings. The van der Waals surface area contributed by atoms with E-state index in [9.17, 15) is 23.2 Å². The molecule has 3 amide bonds. The third kappa shape index (κ3) is 6.16. The Kier molecular flexibility index (Phi) is 8.42. The number of carbonyl (C=O) groups excluding carboxylic acids is 3. The second-order valence-corrected chi connectivity index (χ2v) is 10.2. The first-order valence-corrected chi connectivity index (χ1v) is 13.1. The van der Waals surface area contributed by atoms with Gasteiger partial charge in [0.15, 0.2) is 0 Å². The van der Waals surface area contributed by atoms with Crippen molar-refractivity contribution in [2.45, 2.75) is 63.5 Å². The van der Waals surface area contributed by atoms with Gasteiger partial charge in [0.1, 0.15) is 23.0 Å². The number of piperidine rings is 1. The Morgan fingerprint density at radius 3 is 2.59 bits per heavy atom. The van der Waals surface area contributed by atoms with Crippen LogP contribution in [-0.4, -0.2) is 50.7 Å². The molecule has 0 spiro atoms. The minimum absolute atomic E-state index is 0.0104. The van der Waals surface area contributed by atoms with Gasteiger partial charge in [0, 0.05) is 30.1 Å². The minimum atomic E-state index is -1.82. The second kappa shape index (κ2) is 11.8. The predicted octanol–water partition coefficient (Wildman–Crippen LogP) is 3.83. The number of likely N-dealkylation sites (tertiary alicyclic amines) is 1. The second-order valence-electron chi connectivity index (χ2n) is 10.2. The van der Waals surface area contributed by atoms with E-state index < -0.39 is 34.9 Å². The number of nitrogens with one attached hydrogen (secondary N) is 2. The fourth-order valence-electron chi connectivity index (χ4n) is 5.19. The van der Waals surface area contributed by atoms with Crippen molar-refractivity contribution in [2.75, 3.05) is 6.54 Å². The van der Waals surface area contributed by atoms with E-state index in [1.165, 1.54) is 12.3 Å². The number of aromatic nitrogens is 2. The van der Waals surface area contributed by atoms with Crippen LogP contribution in [0.15, 0.2) is 54.7 Å². The lowest BCUT2D eigenvalue weighted by Crippen LogP contribution is -2.63. The van der Waals surface area contributed by atoms with Crippen molar-refractivity contribution in [3.8, 4) is 11.3 Å². The number of imidazole rings is 1. The summed E-state index contributed by atoms with van der Waals surface area (Å²) in [5.41, 5.74) is 5.19. The standard InChI is InChI=1S/C29H33F2N5O3/c1-18-8-6-7-13-36(18)26(38)16-29(28(32)39,35-25(37)14-20-9-4-3-5-10-20)19(2)27-33-17-24(34-27)22-12-11-21(30)15-23(22)31/h3-5,9-12,15,17-19H,6-8,13-14,16H2,1-2H3,(H2,32,39)(H,33,34)(H,35,37)/t18-,19+,29?/m0/s1. The molecule has 4 rings (SSSR count). The number of aromatic amines is 1. The van der Waals surface area contributed by atoms with E-state index in [0.29, 0.717) is 6.54 Å². The highest BCUT2D eigenvalue weighted by molar-refractivity contribution is 5.96. The molecular weight excluding hydrogens is 504 g/mol. The zero-order chi connectivity index (χ0) is 28.2. The molecule has 1 unspecified atom stereocenters. The van der Waals surface area contributed by atoms with Crippen molar-refractivity contribution >= 4 is 17.7 Å². The van der Waals surface area contributed by atoms with Gasteiger partial charge in [-0.05, 0) is 43.9 Å². The van der Waals surface area contributed by atoms with Crippen LogP contribution in [0.25, 0.3) is 11.3 Å². The van der Waals surface area contributed by atoms with Gasteiger partial charge >= 0.3 is 0 Å². The predicted molar refractivity (Wildman–Crippen MR) is 142 cm³/mol. The number of primary amides is 1. The number of nitrogens with two attached hydrogens (primary N) is 1. The molecule has 2 heterocycles. The number of halogens is 2. The number of hydrogen-bond acceptors (Lipinski definition) is 4. The summed E-state index contributed by atoms with van der Waals surface area (Å²) in [6.07, 6.45) is 3.66. The molecule has 0 saturated carbocycles. The summed E-state index contributed by atoms with van der Waals surface area (Å²) in [5.74, 6) is -3.86. The minimum Gasteiger partial charge on any atom is -0.368 e. The monoisotopic (exact) mass is 537 g/mol. The first-order valence-electron chi connectivity index (χ1n) is 13.1. The Bertz CT molecular complexity index is 1350. The quantitative estimate of drug-likeness (QED) is 0.384. The Labute approximate surface area is 226 Å². The molecule has 4 N–H and O–H groups in total. The molecule has 0 aliphatic carbocycles. The lowest BCUT2D eigenvalue weighted by Gasteiger charge is -2.40. The fraction of sp³-hybridized carbons (Fsp3) is 0.379. The molecule has 0 bridgehead atoms. The Balaban J connectivity index is 1.69. The molecule has 1 aliphatic heterocycles. The highest BCUT2D eigenvalue weighted by atomic mass is 19.1. The number of H-pyrrole nitrogens is 1. The SMILES string of the molecule is C[C@H](c1ncc(-c2ccc(F)cc2F)[nH]1)C(CC(=O)N1CCCC[C@@H]1C)(NC(=O)Cc1ccccc1)C(N)=O. The van der Waals surface area contributed by atoms with E-state index in [-0.39, 0.29) is 41.9 Å². The summed E-state index contributed by atoms with van der Waals surface area (Å²) >= 11 is 0. The summed E-state index contributed by atoms with van der Waals surface area (Å²) in [6.45, 7) is 4.14. The van der Waals surface area contributed by atoms with Crippen molar-refractivity contribution in [3.05, 3.63) is 77.8 Å². The number of rotatable bonds is 9. The molecule has 1 aliphatic rings. The smallest absolute Gasteiger partial charge is 0.244 e. The van der Waals surface area contributed by atoms with Crippen LogP contribution in [0.4, 0.5) is 8.78 Å². The van der Waals surface area contributed by atoms with E-state index in [4.69, 9.17) is 5.73 Å². The van der Waals surface area contributed by atoms with Crippen LogP contribution in [0.2, 0.25) is 0 Å². The summed E-state index contributed by atoms with van der Waals surface area (Å²) in [4.78, 5) is 49.0. The molecule has 10 heteroatoms. The van der Waals surface area contributed by atoms with Gasteiger partial charge in [-0.2, -0.15) is 0 Å². The average Bonchev–Trinajstić information content (AvgIpc) is 3.38. The normalized spacial score (nSPS) is 17.7. The van der Waals surface area contributed by atoms with Crippen LogP contribution in [0, 0.1) is 11.6 Å². The van der Waals surface area contributed by atoms with Gasteiger partial charge in [-0.3, -0.25) is 14.4 Å². The van der Waals surface area contributed by atoms with Gasteiger partial charge in [0.2, 0.25) is 17.7 Å². The highest BCUT2D eigenvalue weighted by Crippen LogP contribution is 2.33. The van der Waals surface area contributed by atoms with E-state index in [0.717, 1.165) is 37.0 Å². The van der Waals surface area contributed by atoms with Crippen molar-refractivity contribution in [1.82, 2.24) is 20.2 Å². The number of hydrogen-bond donors (Lipinski definition) is 3. The van der Waals surface area contributed by atoms with E-state index in [2.05, 4.69) is 15.3 Å². The molecule has 8 nitrogen and oxygen atoms in total. The zero-order valence-electron chi connectivity index (χ0n) is 22.0. The van der Waals surface area contributed by atoms with E-state index in [1.807, 2.05) is 13.0 Å². The van der Waals surface area contributed by atoms with Gasteiger partial charge in [-0.15, -0.1) is 0 Å². The van der Waals surface area contributed by atoms with Crippen LogP contribution in [0.5, 0.6) is 0 Å². The number of nitrogens with zero attached hydrogens (tertiary/aromatic N) is 2. The molecule has 1 aromatic heterocycles. The molecule has 1 fully saturated rings. The maximum atomic E-state index is 14.4. The van der Waals surface area contributed by atoms with Gasteiger partial charge in [0.05, 0.1) is 24.7 Å². The Morgan fingerprint density at radius 2 is 1.92 bits per heavy atom. The third-order valence-electron chi connectivity index (χ3n) is 7.53. The molecule has 0 radical (unpaired) electrons. The third-order valence-corrected chi connectivity index (χ3v) is 7.53.